The molecule has 1 aromatic carbocycles. The Hall–Kier alpha value is -1.38. The molecule has 0 saturated carbocycles. The zero-order chi connectivity index (χ0) is 8.69. The standard InChI is InChI=1S/C7H7F.CH2O2/c1-6-2-4-7(8)5-3-6;2-1-3/h2-5H,1H3;1H,(H,2,3). The highest BCUT2D eigenvalue weighted by molar-refractivity contribution is 5.32. The average molecular weight is 156 g/mol. The maximum absolute atomic E-state index is 12.1. The maximum Gasteiger partial charge on any atom is 0.290 e. The Morgan fingerprint density at radius 2 is 1.73 bits per heavy atom. The van der Waals surface area contributed by atoms with Crippen LogP contribution >= 0.6 is 0 Å². The van der Waals surface area contributed by atoms with Crippen LogP contribution in [-0.2, 0) is 4.79 Å². The van der Waals surface area contributed by atoms with E-state index in [0.717, 1.165) is 5.56 Å². The van der Waals surface area contributed by atoms with Crippen molar-refractivity contribution < 1.29 is 14.3 Å². The van der Waals surface area contributed by atoms with Gasteiger partial charge in [-0.15, -0.1) is 0 Å². The van der Waals surface area contributed by atoms with Gasteiger partial charge >= 0.3 is 0 Å². The van der Waals surface area contributed by atoms with E-state index in [1.165, 1.54) is 12.1 Å². The van der Waals surface area contributed by atoms with Crippen LogP contribution < -0.4 is 0 Å². The van der Waals surface area contributed by atoms with Crippen molar-refractivity contribution in [3.05, 3.63) is 35.6 Å². The molecular formula is C8H9FO2. The molecule has 3 heteroatoms. The van der Waals surface area contributed by atoms with Crippen LogP contribution in [0.15, 0.2) is 24.3 Å². The average Bonchev–Trinajstić information content (AvgIpc) is 1.97. The maximum atomic E-state index is 12.1. The van der Waals surface area contributed by atoms with Gasteiger partial charge in [0.2, 0.25) is 0 Å². The number of hydrogen-bond acceptors (Lipinski definition) is 1. The molecule has 2 nitrogen and oxygen atoms in total. The fourth-order valence-corrected chi connectivity index (χ4v) is 0.533. The summed E-state index contributed by atoms with van der Waals surface area (Å²) < 4.78 is 12.1. The molecule has 0 radical (unpaired) electrons. The summed E-state index contributed by atoms with van der Waals surface area (Å²) >= 11 is 0. The van der Waals surface area contributed by atoms with E-state index in [-0.39, 0.29) is 12.3 Å². The van der Waals surface area contributed by atoms with E-state index >= 15 is 0 Å². The predicted molar refractivity (Wildman–Crippen MR) is 39.8 cm³/mol. The van der Waals surface area contributed by atoms with E-state index in [0.29, 0.717) is 0 Å². The number of benzene rings is 1. The topological polar surface area (TPSA) is 37.3 Å². The van der Waals surface area contributed by atoms with Crippen molar-refractivity contribution in [2.45, 2.75) is 6.92 Å². The molecule has 0 unspecified atom stereocenters. The van der Waals surface area contributed by atoms with Gasteiger partial charge < -0.3 is 5.11 Å². The molecule has 0 saturated heterocycles. The Balaban J connectivity index is 0.000000292. The predicted octanol–water partition coefficient (Wildman–Crippen LogP) is 1.83. The molecule has 11 heavy (non-hydrogen) atoms. The SMILES string of the molecule is Cc1ccc(F)cc1.O=CO. The summed E-state index contributed by atoms with van der Waals surface area (Å²) in [7, 11) is 0. The second-order valence-corrected chi connectivity index (χ2v) is 1.90. The molecule has 0 aliphatic carbocycles. The smallest absolute Gasteiger partial charge is 0.290 e. The Labute approximate surface area is 64.3 Å². The minimum Gasteiger partial charge on any atom is -0.483 e. The summed E-state index contributed by atoms with van der Waals surface area (Å²) in [6, 6.07) is 6.40. The summed E-state index contributed by atoms with van der Waals surface area (Å²) in [5.74, 6) is -0.171. The minimum atomic E-state index is -0.250. The van der Waals surface area contributed by atoms with Crippen molar-refractivity contribution in [1.29, 1.82) is 0 Å². The van der Waals surface area contributed by atoms with Crippen LogP contribution in [-0.4, -0.2) is 11.6 Å². The minimum absolute atomic E-state index is 0.171. The summed E-state index contributed by atoms with van der Waals surface area (Å²) in [6.45, 7) is 1.68. The number of aryl methyl sites for hydroxylation is 1. The van der Waals surface area contributed by atoms with Crippen molar-refractivity contribution in [3.63, 3.8) is 0 Å². The molecule has 0 bridgehead atoms. The van der Waals surface area contributed by atoms with Crippen molar-refractivity contribution in [2.75, 3.05) is 0 Å². The first-order valence-electron chi connectivity index (χ1n) is 3.00. The molecule has 0 aromatic heterocycles. The van der Waals surface area contributed by atoms with Gasteiger partial charge in [0.1, 0.15) is 5.82 Å². The lowest BCUT2D eigenvalue weighted by Gasteiger charge is -1.87. The molecule has 0 spiro atoms. The Bertz CT molecular complexity index is 185. The summed E-state index contributed by atoms with van der Waals surface area (Å²) in [4.78, 5) is 8.36. The molecule has 0 aliphatic rings. The van der Waals surface area contributed by atoms with E-state index in [2.05, 4.69) is 0 Å². The van der Waals surface area contributed by atoms with Crippen molar-refractivity contribution in [2.24, 2.45) is 0 Å². The van der Waals surface area contributed by atoms with E-state index in [4.69, 9.17) is 9.90 Å². The first kappa shape index (κ1) is 9.62. The summed E-state index contributed by atoms with van der Waals surface area (Å²) in [5, 5.41) is 6.89. The molecule has 0 amide bonds. The van der Waals surface area contributed by atoms with Gasteiger partial charge in [0.05, 0.1) is 0 Å². The van der Waals surface area contributed by atoms with E-state index in [1.54, 1.807) is 12.1 Å². The van der Waals surface area contributed by atoms with Crippen LogP contribution in [0.3, 0.4) is 0 Å². The van der Waals surface area contributed by atoms with Crippen LogP contribution in [0.1, 0.15) is 5.56 Å². The van der Waals surface area contributed by atoms with E-state index < -0.39 is 0 Å². The fraction of sp³-hybridized carbons (Fsp3) is 0.125. The van der Waals surface area contributed by atoms with Gasteiger partial charge in [-0.2, -0.15) is 0 Å². The molecular weight excluding hydrogens is 147 g/mol. The number of carboxylic acid groups (broad SMARTS) is 1. The van der Waals surface area contributed by atoms with Crippen LogP contribution in [0.25, 0.3) is 0 Å². The lowest BCUT2D eigenvalue weighted by Crippen LogP contribution is -1.71. The summed E-state index contributed by atoms with van der Waals surface area (Å²) in [5.41, 5.74) is 1.09. The fourth-order valence-electron chi connectivity index (χ4n) is 0.533. The third-order valence-electron chi connectivity index (χ3n) is 1.01. The first-order chi connectivity index (χ1) is 5.20. The van der Waals surface area contributed by atoms with Crippen LogP contribution in [0, 0.1) is 12.7 Å². The molecule has 0 fully saturated rings. The highest BCUT2D eigenvalue weighted by Crippen LogP contribution is 1.98. The van der Waals surface area contributed by atoms with Crippen LogP contribution in [0.5, 0.6) is 0 Å². The number of rotatable bonds is 0. The van der Waals surface area contributed by atoms with Crippen molar-refractivity contribution in [3.8, 4) is 0 Å². The zero-order valence-electron chi connectivity index (χ0n) is 6.12. The van der Waals surface area contributed by atoms with Crippen molar-refractivity contribution >= 4 is 6.47 Å². The van der Waals surface area contributed by atoms with E-state index in [1.807, 2.05) is 6.92 Å². The molecule has 1 aromatic rings. The van der Waals surface area contributed by atoms with Gasteiger partial charge in [-0.25, -0.2) is 4.39 Å². The monoisotopic (exact) mass is 156 g/mol. The van der Waals surface area contributed by atoms with Crippen LogP contribution in [0.2, 0.25) is 0 Å². The van der Waals surface area contributed by atoms with Gasteiger partial charge in [0.15, 0.2) is 0 Å². The highest BCUT2D eigenvalue weighted by Gasteiger charge is 1.83. The number of carbonyl (C=O) groups is 1. The quantitative estimate of drug-likeness (QED) is 0.582. The zero-order valence-corrected chi connectivity index (χ0v) is 6.12. The normalized spacial score (nSPS) is 7.82. The Morgan fingerprint density at radius 3 is 2.00 bits per heavy atom. The largest absolute Gasteiger partial charge is 0.483 e. The second kappa shape index (κ2) is 5.41. The molecule has 60 valence electrons. The third kappa shape index (κ3) is 5.08. The Kier molecular flexibility index (Phi) is 4.73. The van der Waals surface area contributed by atoms with Gasteiger partial charge in [-0.1, -0.05) is 17.7 Å². The second-order valence-electron chi connectivity index (χ2n) is 1.90. The lowest BCUT2D eigenvalue weighted by atomic mass is 10.2. The Morgan fingerprint density at radius 1 is 1.36 bits per heavy atom. The number of hydrogen-bond donors (Lipinski definition) is 1. The molecule has 0 heterocycles. The summed E-state index contributed by atoms with van der Waals surface area (Å²) in [6.07, 6.45) is 0. The highest BCUT2D eigenvalue weighted by atomic mass is 19.1. The molecule has 0 aliphatic heterocycles. The third-order valence-corrected chi connectivity index (χ3v) is 1.01. The lowest BCUT2D eigenvalue weighted by molar-refractivity contribution is -0.122. The van der Waals surface area contributed by atoms with Gasteiger partial charge in [0, 0.05) is 0 Å². The van der Waals surface area contributed by atoms with Crippen molar-refractivity contribution in [1.82, 2.24) is 0 Å². The number of halogens is 1. The van der Waals surface area contributed by atoms with Gasteiger partial charge in [-0.3, -0.25) is 4.79 Å². The van der Waals surface area contributed by atoms with Gasteiger partial charge in [-0.05, 0) is 19.1 Å². The van der Waals surface area contributed by atoms with Crippen LogP contribution in [0.4, 0.5) is 4.39 Å². The molecule has 1 rings (SSSR count). The first-order valence-corrected chi connectivity index (χ1v) is 3.00. The van der Waals surface area contributed by atoms with E-state index in [9.17, 15) is 4.39 Å². The van der Waals surface area contributed by atoms with Gasteiger partial charge in [0.25, 0.3) is 6.47 Å². The molecule has 1 N–H and O–H groups in total. The molecule has 0 atom stereocenters.